The van der Waals surface area contributed by atoms with Gasteiger partial charge in [-0.1, -0.05) is 18.9 Å². The zero-order valence-electron chi connectivity index (χ0n) is 16.8. The molecule has 0 bridgehead atoms. The van der Waals surface area contributed by atoms with Gasteiger partial charge in [0.1, 0.15) is 5.82 Å². The summed E-state index contributed by atoms with van der Waals surface area (Å²) < 4.78 is 0. The topological polar surface area (TPSA) is 56.8 Å². The molecule has 3 aliphatic rings. The van der Waals surface area contributed by atoms with Crippen LogP contribution in [0.3, 0.4) is 0 Å². The quantitative estimate of drug-likeness (QED) is 0.558. The fourth-order valence-electron chi connectivity index (χ4n) is 5.11. The first-order chi connectivity index (χ1) is 13.7. The Balaban J connectivity index is 1.16. The molecule has 3 fully saturated rings. The molecule has 2 aliphatic heterocycles. The van der Waals surface area contributed by atoms with E-state index >= 15 is 0 Å². The molecule has 2 saturated heterocycles. The van der Waals surface area contributed by atoms with Gasteiger partial charge >= 0.3 is 0 Å². The molecule has 0 aromatic carbocycles. The van der Waals surface area contributed by atoms with Crippen LogP contribution in [0.15, 0.2) is 24.4 Å². The third-order valence-corrected chi connectivity index (χ3v) is 6.77. The van der Waals surface area contributed by atoms with Crippen LogP contribution in [0.4, 0.5) is 5.82 Å². The Labute approximate surface area is 167 Å². The normalized spacial score (nSPS) is 23.0. The van der Waals surface area contributed by atoms with E-state index in [0.29, 0.717) is 19.4 Å². The molecule has 6 nitrogen and oxygen atoms in total. The van der Waals surface area contributed by atoms with E-state index < -0.39 is 0 Å². The maximum Gasteiger partial charge on any atom is 0.229 e. The number of carbonyl (C=O) groups excluding carboxylic acids is 2. The molecule has 0 radical (unpaired) electrons. The van der Waals surface area contributed by atoms with Gasteiger partial charge in [-0.25, -0.2) is 4.98 Å². The molecule has 28 heavy (non-hydrogen) atoms. The molecule has 0 unspecified atom stereocenters. The van der Waals surface area contributed by atoms with Crippen LogP contribution in [-0.4, -0.2) is 65.9 Å². The number of carbonyl (C=O) groups is 2. The van der Waals surface area contributed by atoms with Crippen LogP contribution >= 0.6 is 0 Å². The van der Waals surface area contributed by atoms with E-state index in [1.807, 2.05) is 18.3 Å². The zero-order valence-corrected chi connectivity index (χ0v) is 16.8. The summed E-state index contributed by atoms with van der Waals surface area (Å²) in [5.41, 5.74) is 0.0119. The summed E-state index contributed by atoms with van der Waals surface area (Å²) in [6.45, 7) is 5.73. The van der Waals surface area contributed by atoms with Crippen molar-refractivity contribution in [2.75, 3.05) is 44.2 Å². The SMILES string of the molecule is O=C1CC2(CCCC2)CC(=O)N1CCCCN1CCN(c2ccccn2)CC1. The third-order valence-electron chi connectivity index (χ3n) is 6.77. The summed E-state index contributed by atoms with van der Waals surface area (Å²) in [7, 11) is 0. The highest BCUT2D eigenvalue weighted by atomic mass is 16.2. The van der Waals surface area contributed by atoms with Gasteiger partial charge in [0.25, 0.3) is 0 Å². The van der Waals surface area contributed by atoms with Crippen molar-refractivity contribution in [3.05, 3.63) is 24.4 Å². The predicted molar refractivity (Wildman–Crippen MR) is 109 cm³/mol. The molecular weight excluding hydrogens is 352 g/mol. The van der Waals surface area contributed by atoms with Crippen molar-refractivity contribution < 1.29 is 9.59 Å². The van der Waals surface area contributed by atoms with Gasteiger partial charge in [0.05, 0.1) is 0 Å². The number of nitrogens with zero attached hydrogens (tertiary/aromatic N) is 4. The highest BCUT2D eigenvalue weighted by Gasteiger charge is 2.44. The van der Waals surface area contributed by atoms with Crippen molar-refractivity contribution in [1.29, 1.82) is 0 Å². The molecule has 6 heteroatoms. The zero-order chi connectivity index (χ0) is 19.4. The number of anilines is 1. The molecule has 2 amide bonds. The molecule has 0 N–H and O–H groups in total. The maximum absolute atomic E-state index is 12.5. The lowest BCUT2D eigenvalue weighted by atomic mass is 9.76. The lowest BCUT2D eigenvalue weighted by Gasteiger charge is -2.37. The number of hydrogen-bond acceptors (Lipinski definition) is 5. The van der Waals surface area contributed by atoms with Gasteiger partial charge in [-0.15, -0.1) is 0 Å². The number of likely N-dealkylation sites (tertiary alicyclic amines) is 1. The number of rotatable bonds is 6. The second-order valence-electron chi connectivity index (χ2n) is 8.72. The minimum atomic E-state index is 0.0119. The Bertz CT molecular complexity index is 659. The molecular formula is C22H32N4O2. The second-order valence-corrected chi connectivity index (χ2v) is 8.72. The van der Waals surface area contributed by atoms with E-state index in [2.05, 4.69) is 20.9 Å². The Morgan fingerprint density at radius 3 is 2.21 bits per heavy atom. The molecule has 0 atom stereocenters. The van der Waals surface area contributed by atoms with Crippen molar-refractivity contribution in [2.24, 2.45) is 5.41 Å². The number of imide groups is 1. The minimum Gasteiger partial charge on any atom is -0.354 e. The summed E-state index contributed by atoms with van der Waals surface area (Å²) in [5.74, 6) is 1.20. The van der Waals surface area contributed by atoms with Crippen LogP contribution in [-0.2, 0) is 9.59 Å². The Morgan fingerprint density at radius 2 is 1.57 bits per heavy atom. The molecule has 1 saturated carbocycles. The van der Waals surface area contributed by atoms with Crippen LogP contribution in [0, 0.1) is 5.41 Å². The van der Waals surface area contributed by atoms with Gasteiger partial charge in [0, 0.05) is 51.8 Å². The lowest BCUT2D eigenvalue weighted by Crippen LogP contribution is -2.48. The van der Waals surface area contributed by atoms with Crippen molar-refractivity contribution >= 4 is 17.6 Å². The van der Waals surface area contributed by atoms with Gasteiger partial charge in [0.15, 0.2) is 0 Å². The molecule has 3 heterocycles. The largest absolute Gasteiger partial charge is 0.354 e. The van der Waals surface area contributed by atoms with Gasteiger partial charge in [-0.3, -0.25) is 19.4 Å². The number of amides is 2. The van der Waals surface area contributed by atoms with Crippen LogP contribution in [0.1, 0.15) is 51.4 Å². The van der Waals surface area contributed by atoms with Gasteiger partial charge in [-0.2, -0.15) is 0 Å². The average molecular weight is 385 g/mol. The van der Waals surface area contributed by atoms with Gasteiger partial charge in [-0.05, 0) is 49.8 Å². The number of piperidine rings is 1. The Kier molecular flexibility index (Phi) is 5.95. The third kappa shape index (κ3) is 4.37. The van der Waals surface area contributed by atoms with E-state index in [4.69, 9.17) is 0 Å². The summed E-state index contributed by atoms with van der Waals surface area (Å²) in [5, 5.41) is 0. The Morgan fingerprint density at radius 1 is 0.893 bits per heavy atom. The standard InChI is InChI=1S/C22H32N4O2/c27-20-17-22(8-2-3-9-22)18-21(28)26(20)12-6-5-11-24-13-15-25(16-14-24)19-7-1-4-10-23-19/h1,4,7,10H,2-3,5-6,8-9,11-18H2. The summed E-state index contributed by atoms with van der Waals surface area (Å²) in [6, 6.07) is 6.05. The highest BCUT2D eigenvalue weighted by Crippen LogP contribution is 2.46. The number of pyridine rings is 1. The monoisotopic (exact) mass is 384 g/mol. The number of unbranched alkanes of at least 4 members (excludes halogenated alkanes) is 1. The first-order valence-electron chi connectivity index (χ1n) is 10.9. The van der Waals surface area contributed by atoms with Crippen LogP contribution < -0.4 is 4.90 Å². The summed E-state index contributed by atoms with van der Waals surface area (Å²) >= 11 is 0. The summed E-state index contributed by atoms with van der Waals surface area (Å²) in [4.78, 5) is 35.8. The molecule has 1 spiro atoms. The van der Waals surface area contributed by atoms with Crippen LogP contribution in [0.5, 0.6) is 0 Å². The van der Waals surface area contributed by atoms with Crippen molar-refractivity contribution in [3.8, 4) is 0 Å². The lowest BCUT2D eigenvalue weighted by molar-refractivity contribution is -0.153. The minimum absolute atomic E-state index is 0.0119. The average Bonchev–Trinajstić information content (AvgIpc) is 3.15. The van der Waals surface area contributed by atoms with E-state index in [1.165, 1.54) is 12.8 Å². The maximum atomic E-state index is 12.5. The number of piperazine rings is 1. The van der Waals surface area contributed by atoms with E-state index in [0.717, 1.165) is 64.2 Å². The van der Waals surface area contributed by atoms with Crippen LogP contribution in [0.25, 0.3) is 0 Å². The molecule has 1 aromatic rings. The smallest absolute Gasteiger partial charge is 0.229 e. The predicted octanol–water partition coefficient (Wildman–Crippen LogP) is 2.69. The fraction of sp³-hybridized carbons (Fsp3) is 0.682. The number of aromatic nitrogens is 1. The van der Waals surface area contributed by atoms with Gasteiger partial charge in [0.2, 0.25) is 11.8 Å². The fourth-order valence-corrected chi connectivity index (χ4v) is 5.11. The van der Waals surface area contributed by atoms with E-state index in [1.54, 1.807) is 4.90 Å². The molecule has 4 rings (SSSR count). The van der Waals surface area contributed by atoms with E-state index in [-0.39, 0.29) is 17.2 Å². The number of hydrogen-bond donors (Lipinski definition) is 0. The van der Waals surface area contributed by atoms with E-state index in [9.17, 15) is 9.59 Å². The van der Waals surface area contributed by atoms with Gasteiger partial charge < -0.3 is 4.90 Å². The molecule has 152 valence electrons. The van der Waals surface area contributed by atoms with Crippen molar-refractivity contribution in [3.63, 3.8) is 0 Å². The molecule has 1 aliphatic carbocycles. The van der Waals surface area contributed by atoms with Crippen LogP contribution in [0.2, 0.25) is 0 Å². The molecule has 1 aromatic heterocycles. The second kappa shape index (κ2) is 8.60. The highest BCUT2D eigenvalue weighted by molar-refractivity contribution is 5.98. The Hall–Kier alpha value is -1.95. The van der Waals surface area contributed by atoms with Crippen molar-refractivity contribution in [2.45, 2.75) is 51.4 Å². The first-order valence-corrected chi connectivity index (χ1v) is 10.9. The summed E-state index contributed by atoms with van der Waals surface area (Å²) in [6.07, 6.45) is 9.44. The first kappa shape index (κ1) is 19.4. The van der Waals surface area contributed by atoms with Crippen molar-refractivity contribution in [1.82, 2.24) is 14.8 Å².